The molecule has 0 amide bonds. The summed E-state index contributed by atoms with van der Waals surface area (Å²) in [5.41, 5.74) is 5.50. The zero-order valence-corrected chi connectivity index (χ0v) is 18.6. The molecule has 0 bridgehead atoms. The van der Waals surface area contributed by atoms with E-state index in [1.165, 1.54) is 0 Å². The lowest BCUT2D eigenvalue weighted by molar-refractivity contribution is 0.104. The quantitative estimate of drug-likeness (QED) is 0.254. The highest BCUT2D eigenvalue weighted by Gasteiger charge is 2.21. The highest BCUT2D eigenvalue weighted by molar-refractivity contribution is 6.22. The second-order valence-corrected chi connectivity index (χ2v) is 8.48. The van der Waals surface area contributed by atoms with E-state index >= 15 is 0 Å². The number of benzene rings is 6. The van der Waals surface area contributed by atoms with Gasteiger partial charge >= 0.3 is 0 Å². The molecule has 0 saturated carbocycles. The van der Waals surface area contributed by atoms with Gasteiger partial charge in [0, 0.05) is 22.3 Å². The van der Waals surface area contributed by atoms with E-state index in [0.717, 1.165) is 54.9 Å². The van der Waals surface area contributed by atoms with E-state index in [-0.39, 0.29) is 5.78 Å². The summed E-state index contributed by atoms with van der Waals surface area (Å²) in [6, 6.07) is 45.1. The van der Waals surface area contributed by atoms with Crippen molar-refractivity contribution in [2.75, 3.05) is 0 Å². The van der Waals surface area contributed by atoms with Gasteiger partial charge in [-0.3, -0.25) is 4.79 Å². The summed E-state index contributed by atoms with van der Waals surface area (Å²) < 4.78 is 0. The molecular formula is C33H22O. The maximum atomic E-state index is 14.3. The summed E-state index contributed by atoms with van der Waals surface area (Å²) >= 11 is 0. The summed E-state index contributed by atoms with van der Waals surface area (Å²) in [7, 11) is 0. The number of carbonyl (C=O) groups excluding carboxylic acids is 1. The largest absolute Gasteiger partial charge is 0.289 e. The van der Waals surface area contributed by atoms with Crippen LogP contribution in [0.15, 0.2) is 133 Å². The molecule has 0 saturated heterocycles. The van der Waals surface area contributed by atoms with Crippen LogP contribution in [0.3, 0.4) is 0 Å². The molecule has 0 aliphatic carbocycles. The number of hydrogen-bond acceptors (Lipinski definition) is 1. The minimum atomic E-state index is 0.0363. The first kappa shape index (κ1) is 20.1. The van der Waals surface area contributed by atoms with Gasteiger partial charge in [0.25, 0.3) is 0 Å². The first-order valence-corrected chi connectivity index (χ1v) is 11.5. The van der Waals surface area contributed by atoms with Gasteiger partial charge in [-0.2, -0.15) is 0 Å². The fourth-order valence-corrected chi connectivity index (χ4v) is 4.90. The normalized spacial score (nSPS) is 11.1. The molecule has 6 aromatic carbocycles. The number of hydrogen-bond donors (Lipinski definition) is 0. The van der Waals surface area contributed by atoms with Gasteiger partial charge in [0.15, 0.2) is 5.78 Å². The molecule has 0 fully saturated rings. The SMILES string of the molecule is O=C(c1ccc2ccccc2c1-c1ccccc1)c1ccc2ccccc2c1-c1ccccc1. The van der Waals surface area contributed by atoms with Gasteiger partial charge in [0.05, 0.1) is 0 Å². The Kier molecular flexibility index (Phi) is 5.01. The monoisotopic (exact) mass is 434 g/mol. The van der Waals surface area contributed by atoms with E-state index < -0.39 is 0 Å². The van der Waals surface area contributed by atoms with Crippen molar-refractivity contribution in [3.05, 3.63) is 145 Å². The molecule has 1 nitrogen and oxygen atoms in total. The highest BCUT2D eigenvalue weighted by Crippen LogP contribution is 2.37. The minimum Gasteiger partial charge on any atom is -0.289 e. The van der Waals surface area contributed by atoms with Crippen LogP contribution in [-0.4, -0.2) is 5.78 Å². The van der Waals surface area contributed by atoms with Gasteiger partial charge in [-0.25, -0.2) is 0 Å². The molecule has 0 unspecified atom stereocenters. The third-order valence-corrected chi connectivity index (χ3v) is 6.47. The van der Waals surface area contributed by atoms with Crippen LogP contribution in [0.25, 0.3) is 43.8 Å². The van der Waals surface area contributed by atoms with E-state index in [0.29, 0.717) is 0 Å². The Morgan fingerprint density at radius 1 is 0.382 bits per heavy atom. The fourth-order valence-electron chi connectivity index (χ4n) is 4.90. The van der Waals surface area contributed by atoms with E-state index in [4.69, 9.17) is 0 Å². The van der Waals surface area contributed by atoms with Crippen LogP contribution in [0.4, 0.5) is 0 Å². The molecule has 160 valence electrons. The lowest BCUT2D eigenvalue weighted by Gasteiger charge is -2.17. The minimum absolute atomic E-state index is 0.0363. The van der Waals surface area contributed by atoms with Gasteiger partial charge in [0.2, 0.25) is 0 Å². The summed E-state index contributed by atoms with van der Waals surface area (Å²) in [6.07, 6.45) is 0. The van der Waals surface area contributed by atoms with Gasteiger partial charge in [0.1, 0.15) is 0 Å². The molecule has 1 heteroatoms. The Bertz CT molecular complexity index is 1520. The van der Waals surface area contributed by atoms with Crippen LogP contribution < -0.4 is 0 Å². The van der Waals surface area contributed by atoms with Gasteiger partial charge in [-0.1, -0.05) is 121 Å². The van der Waals surface area contributed by atoms with Crippen molar-refractivity contribution >= 4 is 27.3 Å². The Morgan fingerprint density at radius 2 is 0.765 bits per heavy atom. The predicted octanol–water partition coefficient (Wildman–Crippen LogP) is 8.56. The van der Waals surface area contributed by atoms with Crippen molar-refractivity contribution in [3.8, 4) is 22.3 Å². The maximum Gasteiger partial charge on any atom is 0.194 e. The molecule has 0 radical (unpaired) electrons. The third-order valence-electron chi connectivity index (χ3n) is 6.47. The summed E-state index contributed by atoms with van der Waals surface area (Å²) in [5.74, 6) is 0.0363. The zero-order chi connectivity index (χ0) is 22.9. The molecule has 34 heavy (non-hydrogen) atoms. The average molecular weight is 435 g/mol. The highest BCUT2D eigenvalue weighted by atomic mass is 16.1. The molecule has 0 aliphatic rings. The van der Waals surface area contributed by atoms with E-state index in [2.05, 4.69) is 60.7 Å². The molecular weight excluding hydrogens is 412 g/mol. The first-order valence-electron chi connectivity index (χ1n) is 11.5. The van der Waals surface area contributed by atoms with Gasteiger partial charge in [-0.05, 0) is 44.8 Å². The van der Waals surface area contributed by atoms with E-state index in [1.54, 1.807) is 0 Å². The average Bonchev–Trinajstić information content (AvgIpc) is 2.92. The lowest BCUT2D eigenvalue weighted by atomic mass is 9.85. The molecule has 0 spiro atoms. The van der Waals surface area contributed by atoms with Crippen LogP contribution in [0.5, 0.6) is 0 Å². The van der Waals surface area contributed by atoms with Crippen LogP contribution in [-0.2, 0) is 0 Å². The van der Waals surface area contributed by atoms with E-state index in [1.807, 2.05) is 72.8 Å². The molecule has 0 heterocycles. The van der Waals surface area contributed by atoms with Crippen LogP contribution in [0.2, 0.25) is 0 Å². The van der Waals surface area contributed by atoms with Crippen molar-refractivity contribution in [1.29, 1.82) is 0 Å². The molecule has 6 rings (SSSR count). The fraction of sp³-hybridized carbons (Fsp3) is 0. The van der Waals surface area contributed by atoms with Crippen LogP contribution in [0, 0.1) is 0 Å². The molecule has 0 aromatic heterocycles. The Labute approximate surface area is 198 Å². The van der Waals surface area contributed by atoms with Crippen molar-refractivity contribution in [1.82, 2.24) is 0 Å². The lowest BCUT2D eigenvalue weighted by Crippen LogP contribution is -2.06. The van der Waals surface area contributed by atoms with E-state index in [9.17, 15) is 4.79 Å². The van der Waals surface area contributed by atoms with Crippen LogP contribution in [0.1, 0.15) is 15.9 Å². The second kappa shape index (κ2) is 8.46. The standard InChI is InChI=1S/C33H22O/c34-33(29-21-19-23-11-7-9-17-27(23)31(29)25-13-3-1-4-14-25)30-22-20-24-12-8-10-18-28(24)32(30)26-15-5-2-6-16-26/h1-22H. The van der Waals surface area contributed by atoms with Crippen molar-refractivity contribution in [2.24, 2.45) is 0 Å². The molecule has 0 N–H and O–H groups in total. The molecule has 6 aromatic rings. The third kappa shape index (κ3) is 3.39. The first-order chi connectivity index (χ1) is 16.8. The van der Waals surface area contributed by atoms with Crippen molar-refractivity contribution in [2.45, 2.75) is 0 Å². The van der Waals surface area contributed by atoms with Crippen molar-refractivity contribution in [3.63, 3.8) is 0 Å². The number of carbonyl (C=O) groups is 1. The predicted molar refractivity (Wildman–Crippen MR) is 142 cm³/mol. The second-order valence-electron chi connectivity index (χ2n) is 8.48. The summed E-state index contributed by atoms with van der Waals surface area (Å²) in [4.78, 5) is 14.3. The smallest absolute Gasteiger partial charge is 0.194 e. The van der Waals surface area contributed by atoms with Crippen molar-refractivity contribution < 1.29 is 4.79 Å². The zero-order valence-electron chi connectivity index (χ0n) is 18.6. The number of rotatable bonds is 4. The van der Waals surface area contributed by atoms with Crippen LogP contribution >= 0.6 is 0 Å². The van der Waals surface area contributed by atoms with Gasteiger partial charge in [-0.15, -0.1) is 0 Å². The number of fused-ring (bicyclic) bond motifs is 2. The summed E-state index contributed by atoms with van der Waals surface area (Å²) in [5, 5.41) is 4.42. The van der Waals surface area contributed by atoms with Gasteiger partial charge < -0.3 is 0 Å². The Hall–Kier alpha value is -4.49. The molecule has 0 atom stereocenters. The topological polar surface area (TPSA) is 17.1 Å². The number of ketones is 1. The Balaban J connectivity index is 1.65. The maximum absolute atomic E-state index is 14.3. The summed E-state index contributed by atoms with van der Waals surface area (Å²) in [6.45, 7) is 0. The Morgan fingerprint density at radius 3 is 1.21 bits per heavy atom. The molecule has 0 aliphatic heterocycles.